The summed E-state index contributed by atoms with van der Waals surface area (Å²) >= 11 is 0. The van der Waals surface area contributed by atoms with Crippen molar-refractivity contribution >= 4 is 10.0 Å². The fraction of sp³-hybridized carbons (Fsp3) is 0.700. The number of sulfonamides is 1. The Kier molecular flexibility index (Phi) is 5.10. The largest absolute Gasteiger partial charge is 0.337 e. The van der Waals surface area contributed by atoms with Crippen molar-refractivity contribution in [2.45, 2.75) is 25.3 Å². The molecule has 17 heavy (non-hydrogen) atoms. The SMILES string of the molecule is CCNCCCNS(=O)(=O)c1cn(C)c(C)n1. The third-order valence-electron chi connectivity index (χ3n) is 2.43. The van der Waals surface area contributed by atoms with Gasteiger partial charge in [0.1, 0.15) is 5.82 Å². The maximum Gasteiger partial charge on any atom is 0.259 e. The highest BCUT2D eigenvalue weighted by molar-refractivity contribution is 7.89. The van der Waals surface area contributed by atoms with Crippen LogP contribution in [0.1, 0.15) is 19.2 Å². The molecule has 0 radical (unpaired) electrons. The molecule has 7 heteroatoms. The summed E-state index contributed by atoms with van der Waals surface area (Å²) in [6, 6.07) is 0. The molecule has 0 aliphatic carbocycles. The average molecular weight is 260 g/mol. The van der Waals surface area contributed by atoms with Crippen molar-refractivity contribution in [3.8, 4) is 0 Å². The van der Waals surface area contributed by atoms with Gasteiger partial charge in [-0.1, -0.05) is 6.92 Å². The molecule has 0 fully saturated rings. The number of nitrogens with one attached hydrogen (secondary N) is 2. The standard InChI is InChI=1S/C10H20N4O2S/c1-4-11-6-5-7-12-17(15,16)10-8-14(3)9(2)13-10/h8,11-12H,4-7H2,1-3H3. The molecule has 0 aromatic carbocycles. The maximum absolute atomic E-state index is 11.8. The van der Waals surface area contributed by atoms with E-state index in [1.165, 1.54) is 6.20 Å². The Bertz CT molecular complexity index is 433. The van der Waals surface area contributed by atoms with Gasteiger partial charge in [-0.3, -0.25) is 0 Å². The predicted molar refractivity (Wildman–Crippen MR) is 66.3 cm³/mol. The van der Waals surface area contributed by atoms with E-state index in [0.29, 0.717) is 12.4 Å². The number of imidazole rings is 1. The molecular formula is C10H20N4O2S. The van der Waals surface area contributed by atoms with E-state index in [-0.39, 0.29) is 5.03 Å². The molecular weight excluding hydrogens is 240 g/mol. The second-order valence-electron chi connectivity index (χ2n) is 3.84. The van der Waals surface area contributed by atoms with Gasteiger partial charge in [-0.25, -0.2) is 18.1 Å². The second-order valence-corrected chi connectivity index (χ2v) is 5.56. The van der Waals surface area contributed by atoms with Gasteiger partial charge in [-0.05, 0) is 26.4 Å². The smallest absolute Gasteiger partial charge is 0.259 e. The minimum atomic E-state index is -3.46. The first-order chi connectivity index (χ1) is 7.97. The van der Waals surface area contributed by atoms with E-state index in [1.807, 2.05) is 6.92 Å². The van der Waals surface area contributed by atoms with Gasteiger partial charge in [0.25, 0.3) is 10.0 Å². The van der Waals surface area contributed by atoms with Crippen LogP contribution in [0.15, 0.2) is 11.2 Å². The van der Waals surface area contributed by atoms with Crippen LogP contribution >= 0.6 is 0 Å². The highest BCUT2D eigenvalue weighted by Gasteiger charge is 2.17. The topological polar surface area (TPSA) is 76.0 Å². The van der Waals surface area contributed by atoms with Crippen molar-refractivity contribution in [1.29, 1.82) is 0 Å². The van der Waals surface area contributed by atoms with Crippen LogP contribution in [-0.4, -0.2) is 37.6 Å². The zero-order valence-corrected chi connectivity index (χ0v) is 11.3. The van der Waals surface area contributed by atoms with Crippen LogP contribution in [0.25, 0.3) is 0 Å². The molecule has 1 rings (SSSR count). The van der Waals surface area contributed by atoms with Gasteiger partial charge in [-0.15, -0.1) is 0 Å². The molecule has 0 unspecified atom stereocenters. The summed E-state index contributed by atoms with van der Waals surface area (Å²) in [5.74, 6) is 0.679. The molecule has 1 heterocycles. The molecule has 2 N–H and O–H groups in total. The molecule has 1 aromatic heterocycles. The Morgan fingerprint density at radius 1 is 1.41 bits per heavy atom. The van der Waals surface area contributed by atoms with Gasteiger partial charge in [0.15, 0.2) is 5.03 Å². The maximum atomic E-state index is 11.8. The van der Waals surface area contributed by atoms with E-state index in [4.69, 9.17) is 0 Å². The highest BCUT2D eigenvalue weighted by Crippen LogP contribution is 2.06. The predicted octanol–water partition coefficient (Wildman–Crippen LogP) is 0.00642. The molecule has 0 aliphatic heterocycles. The average Bonchev–Trinajstić information content (AvgIpc) is 2.60. The molecule has 6 nitrogen and oxygen atoms in total. The summed E-state index contributed by atoms with van der Waals surface area (Å²) in [5, 5.41) is 3.22. The van der Waals surface area contributed by atoms with E-state index >= 15 is 0 Å². The fourth-order valence-corrected chi connectivity index (χ4v) is 2.44. The summed E-state index contributed by atoms with van der Waals surface area (Å²) in [4.78, 5) is 3.99. The van der Waals surface area contributed by atoms with E-state index < -0.39 is 10.0 Å². The summed E-state index contributed by atoms with van der Waals surface area (Å²) in [5.41, 5.74) is 0. The molecule has 0 aliphatic rings. The van der Waals surface area contributed by atoms with Gasteiger partial charge in [0, 0.05) is 19.8 Å². The van der Waals surface area contributed by atoms with Crippen LogP contribution < -0.4 is 10.0 Å². The number of aromatic nitrogens is 2. The molecule has 0 atom stereocenters. The number of hydrogen-bond donors (Lipinski definition) is 2. The van der Waals surface area contributed by atoms with Crippen LogP contribution in [0.3, 0.4) is 0 Å². The van der Waals surface area contributed by atoms with Crippen molar-refractivity contribution in [3.05, 3.63) is 12.0 Å². The van der Waals surface area contributed by atoms with Crippen LogP contribution in [0.5, 0.6) is 0 Å². The first kappa shape index (κ1) is 14.1. The minimum Gasteiger partial charge on any atom is -0.337 e. The Morgan fingerprint density at radius 3 is 2.65 bits per heavy atom. The molecule has 0 amide bonds. The Balaban J connectivity index is 2.51. The lowest BCUT2D eigenvalue weighted by Crippen LogP contribution is -2.27. The van der Waals surface area contributed by atoms with E-state index in [1.54, 1.807) is 18.5 Å². The Labute approximate surface area is 102 Å². The summed E-state index contributed by atoms with van der Waals surface area (Å²) in [7, 11) is -1.69. The monoisotopic (exact) mass is 260 g/mol. The molecule has 0 saturated carbocycles. The van der Waals surface area contributed by atoms with Crippen molar-refractivity contribution in [1.82, 2.24) is 19.6 Å². The molecule has 98 valence electrons. The fourth-order valence-electron chi connectivity index (χ4n) is 1.33. The van der Waals surface area contributed by atoms with Crippen LogP contribution in [0.4, 0.5) is 0 Å². The van der Waals surface area contributed by atoms with Gasteiger partial charge in [0.05, 0.1) is 0 Å². The lowest BCUT2D eigenvalue weighted by Gasteiger charge is -2.04. The van der Waals surface area contributed by atoms with Crippen molar-refractivity contribution in [3.63, 3.8) is 0 Å². The number of hydrogen-bond acceptors (Lipinski definition) is 4. The zero-order chi connectivity index (χ0) is 12.9. The van der Waals surface area contributed by atoms with Crippen LogP contribution in [-0.2, 0) is 17.1 Å². The normalized spacial score (nSPS) is 11.9. The van der Waals surface area contributed by atoms with Crippen LogP contribution in [0, 0.1) is 6.92 Å². The first-order valence-corrected chi connectivity index (χ1v) is 7.16. The molecule has 0 saturated heterocycles. The Hall–Kier alpha value is -0.920. The molecule has 0 spiro atoms. The lowest BCUT2D eigenvalue weighted by molar-refractivity contribution is 0.572. The number of nitrogens with zero attached hydrogens (tertiary/aromatic N) is 2. The number of aryl methyl sites for hydroxylation is 2. The lowest BCUT2D eigenvalue weighted by atomic mass is 10.4. The third-order valence-corrected chi connectivity index (χ3v) is 3.77. The van der Waals surface area contributed by atoms with Gasteiger partial charge in [0.2, 0.25) is 0 Å². The first-order valence-electron chi connectivity index (χ1n) is 5.67. The van der Waals surface area contributed by atoms with Gasteiger partial charge < -0.3 is 9.88 Å². The molecule has 0 bridgehead atoms. The van der Waals surface area contributed by atoms with Crippen molar-refractivity contribution < 1.29 is 8.42 Å². The van der Waals surface area contributed by atoms with Crippen molar-refractivity contribution in [2.75, 3.05) is 19.6 Å². The quantitative estimate of drug-likeness (QED) is 0.677. The van der Waals surface area contributed by atoms with Crippen molar-refractivity contribution in [2.24, 2.45) is 7.05 Å². The second kappa shape index (κ2) is 6.13. The van der Waals surface area contributed by atoms with E-state index in [9.17, 15) is 8.42 Å². The summed E-state index contributed by atoms with van der Waals surface area (Å²) < 4.78 is 27.9. The van der Waals surface area contributed by atoms with E-state index in [2.05, 4.69) is 15.0 Å². The van der Waals surface area contributed by atoms with Gasteiger partial charge in [-0.2, -0.15) is 0 Å². The Morgan fingerprint density at radius 2 is 2.12 bits per heavy atom. The third kappa shape index (κ3) is 4.10. The van der Waals surface area contributed by atoms with E-state index in [0.717, 1.165) is 19.5 Å². The highest BCUT2D eigenvalue weighted by atomic mass is 32.2. The zero-order valence-electron chi connectivity index (χ0n) is 10.5. The van der Waals surface area contributed by atoms with Gasteiger partial charge >= 0.3 is 0 Å². The molecule has 1 aromatic rings. The van der Waals surface area contributed by atoms with Crippen LogP contribution in [0.2, 0.25) is 0 Å². The number of rotatable bonds is 7. The summed E-state index contributed by atoms with van der Waals surface area (Å²) in [6.45, 7) is 5.91. The minimum absolute atomic E-state index is 0.0842. The summed E-state index contributed by atoms with van der Waals surface area (Å²) in [6.07, 6.45) is 2.28.